The van der Waals surface area contributed by atoms with E-state index >= 15 is 0 Å². The quantitative estimate of drug-likeness (QED) is 0.717. The number of carboxylic acid groups (broad SMARTS) is 1. The van der Waals surface area contributed by atoms with Crippen LogP contribution in [0.3, 0.4) is 0 Å². The van der Waals surface area contributed by atoms with E-state index < -0.39 is 5.97 Å². The molecule has 2 aromatic rings. The van der Waals surface area contributed by atoms with Crippen molar-refractivity contribution in [1.82, 2.24) is 0 Å². The number of aliphatic carboxylic acids is 1. The Morgan fingerprint density at radius 2 is 1.83 bits per heavy atom. The molecule has 0 unspecified atom stereocenters. The van der Waals surface area contributed by atoms with E-state index in [4.69, 9.17) is 5.11 Å². The zero-order valence-corrected chi connectivity index (χ0v) is 14.8. The van der Waals surface area contributed by atoms with Crippen molar-refractivity contribution in [2.45, 2.75) is 40.2 Å². The van der Waals surface area contributed by atoms with Crippen LogP contribution in [0.25, 0.3) is 6.08 Å². The van der Waals surface area contributed by atoms with Gasteiger partial charge in [0.25, 0.3) is 0 Å². The zero-order valence-electron chi connectivity index (χ0n) is 14.8. The molecule has 0 amide bonds. The number of hydrogen-bond donors (Lipinski definition) is 2. The Kier molecular flexibility index (Phi) is 5.80. The maximum atomic E-state index is 11.1. The summed E-state index contributed by atoms with van der Waals surface area (Å²) in [5.74, 6) is -0.368. The van der Waals surface area contributed by atoms with Gasteiger partial charge in [-0.25, -0.2) is 4.79 Å². The molecule has 3 heteroatoms. The van der Waals surface area contributed by atoms with Gasteiger partial charge in [0.2, 0.25) is 0 Å². The Labute approximate surface area is 144 Å². The Hall–Kier alpha value is -2.55. The largest absolute Gasteiger partial charge is 0.478 e. The van der Waals surface area contributed by atoms with Crippen molar-refractivity contribution in [1.29, 1.82) is 0 Å². The van der Waals surface area contributed by atoms with Crippen LogP contribution in [0.5, 0.6) is 0 Å². The molecule has 0 spiro atoms. The van der Waals surface area contributed by atoms with Gasteiger partial charge in [-0.3, -0.25) is 0 Å². The molecule has 3 nitrogen and oxygen atoms in total. The first-order valence-electron chi connectivity index (χ1n) is 8.22. The van der Waals surface area contributed by atoms with E-state index in [2.05, 4.69) is 43.4 Å². The Balaban J connectivity index is 2.19. The number of carbonyl (C=O) groups is 1. The minimum atomic E-state index is -0.895. The molecule has 2 rings (SSSR count). The van der Waals surface area contributed by atoms with Gasteiger partial charge in [-0.1, -0.05) is 50.2 Å². The average molecular weight is 323 g/mol. The van der Waals surface area contributed by atoms with E-state index in [0.29, 0.717) is 18.0 Å². The summed E-state index contributed by atoms with van der Waals surface area (Å²) in [6.07, 6.45) is 1.72. The van der Waals surface area contributed by atoms with Crippen LogP contribution in [0, 0.1) is 6.92 Å². The molecule has 0 bridgehead atoms. The summed E-state index contributed by atoms with van der Waals surface area (Å²) in [5, 5.41) is 12.5. The van der Waals surface area contributed by atoms with Crippen molar-refractivity contribution in [3.05, 3.63) is 70.3 Å². The van der Waals surface area contributed by atoms with Gasteiger partial charge < -0.3 is 10.4 Å². The van der Waals surface area contributed by atoms with Gasteiger partial charge in [-0.2, -0.15) is 0 Å². The van der Waals surface area contributed by atoms with E-state index in [1.807, 2.05) is 25.1 Å². The number of rotatable bonds is 6. The Bertz CT molecular complexity index is 743. The van der Waals surface area contributed by atoms with Crippen molar-refractivity contribution in [3.63, 3.8) is 0 Å². The minimum Gasteiger partial charge on any atom is -0.478 e. The number of benzene rings is 2. The van der Waals surface area contributed by atoms with Crippen molar-refractivity contribution in [2.24, 2.45) is 0 Å². The molecule has 0 saturated carbocycles. The molecule has 0 aliphatic heterocycles. The lowest BCUT2D eigenvalue weighted by atomic mass is 10.0. The summed E-state index contributed by atoms with van der Waals surface area (Å²) in [7, 11) is 0. The van der Waals surface area contributed by atoms with E-state index in [1.165, 1.54) is 11.1 Å². The van der Waals surface area contributed by atoms with Crippen LogP contribution < -0.4 is 5.32 Å². The van der Waals surface area contributed by atoms with Gasteiger partial charge in [0.1, 0.15) is 0 Å². The predicted molar refractivity (Wildman–Crippen MR) is 100 cm³/mol. The molecule has 0 atom stereocenters. The number of carboxylic acids is 1. The van der Waals surface area contributed by atoms with Crippen molar-refractivity contribution < 1.29 is 9.90 Å². The average Bonchev–Trinajstić information content (AvgIpc) is 2.55. The molecule has 0 radical (unpaired) electrons. The Morgan fingerprint density at radius 3 is 2.42 bits per heavy atom. The van der Waals surface area contributed by atoms with E-state index in [0.717, 1.165) is 16.8 Å². The van der Waals surface area contributed by atoms with Gasteiger partial charge in [0.05, 0.1) is 0 Å². The van der Waals surface area contributed by atoms with Gasteiger partial charge in [-0.15, -0.1) is 0 Å². The second kappa shape index (κ2) is 7.82. The third-order valence-corrected chi connectivity index (χ3v) is 4.15. The molecule has 0 fully saturated rings. The lowest BCUT2D eigenvalue weighted by Crippen LogP contribution is -2.03. The fraction of sp³-hybridized carbons (Fsp3) is 0.286. The second-order valence-corrected chi connectivity index (χ2v) is 6.42. The van der Waals surface area contributed by atoms with E-state index in [9.17, 15) is 4.79 Å². The van der Waals surface area contributed by atoms with Gasteiger partial charge in [0.15, 0.2) is 0 Å². The lowest BCUT2D eigenvalue weighted by molar-refractivity contribution is -0.132. The first kappa shape index (κ1) is 17.8. The Morgan fingerprint density at radius 1 is 1.17 bits per heavy atom. The fourth-order valence-corrected chi connectivity index (χ4v) is 2.52. The maximum absolute atomic E-state index is 11.1. The monoisotopic (exact) mass is 323 g/mol. The smallest absolute Gasteiger partial charge is 0.331 e. The summed E-state index contributed by atoms with van der Waals surface area (Å²) in [6.45, 7) is 8.67. The van der Waals surface area contributed by atoms with Crippen LogP contribution in [-0.4, -0.2) is 11.1 Å². The topological polar surface area (TPSA) is 49.3 Å². The molecule has 0 aromatic heterocycles. The second-order valence-electron chi connectivity index (χ2n) is 6.42. The summed E-state index contributed by atoms with van der Waals surface area (Å²) >= 11 is 0. The highest BCUT2D eigenvalue weighted by atomic mass is 16.4. The fourth-order valence-electron chi connectivity index (χ4n) is 2.52. The van der Waals surface area contributed by atoms with E-state index in [-0.39, 0.29) is 0 Å². The molecule has 126 valence electrons. The molecular formula is C21H25NO2. The summed E-state index contributed by atoms with van der Waals surface area (Å²) in [5.41, 5.74) is 5.78. The van der Waals surface area contributed by atoms with Gasteiger partial charge in [0, 0.05) is 23.4 Å². The highest BCUT2D eigenvalue weighted by Gasteiger charge is 2.07. The standard InChI is InChI=1S/C21H25NO2/c1-14(2)18-10-8-17(9-11-18)13-22-20-7-5-6-15(3)19(20)12-16(4)21(23)24/h5-12,14,22H,13H2,1-4H3,(H,23,24)/b16-12+. The molecule has 0 saturated heterocycles. The van der Waals surface area contributed by atoms with Crippen LogP contribution in [0.2, 0.25) is 0 Å². The SMILES string of the molecule is C/C(=C\c1c(C)cccc1NCc1ccc(C(C)C)cc1)C(=O)O. The number of nitrogens with one attached hydrogen (secondary N) is 1. The van der Waals surface area contributed by atoms with Crippen LogP contribution in [0.15, 0.2) is 48.0 Å². The van der Waals surface area contributed by atoms with E-state index in [1.54, 1.807) is 13.0 Å². The molecule has 24 heavy (non-hydrogen) atoms. The highest BCUT2D eigenvalue weighted by Crippen LogP contribution is 2.24. The summed E-state index contributed by atoms with van der Waals surface area (Å²) in [4.78, 5) is 11.1. The van der Waals surface area contributed by atoms with Gasteiger partial charge >= 0.3 is 5.97 Å². The lowest BCUT2D eigenvalue weighted by Gasteiger charge is -2.13. The van der Waals surface area contributed by atoms with Crippen LogP contribution in [0.4, 0.5) is 5.69 Å². The summed E-state index contributed by atoms with van der Waals surface area (Å²) < 4.78 is 0. The zero-order chi connectivity index (χ0) is 17.7. The first-order chi connectivity index (χ1) is 11.4. The number of anilines is 1. The molecule has 0 heterocycles. The molecule has 0 aliphatic rings. The third kappa shape index (κ3) is 4.48. The predicted octanol–water partition coefficient (Wildman–Crippen LogP) is 5.22. The normalized spacial score (nSPS) is 11.6. The molecule has 2 N–H and O–H groups in total. The molecular weight excluding hydrogens is 298 g/mol. The van der Waals surface area contributed by atoms with Crippen molar-refractivity contribution in [2.75, 3.05) is 5.32 Å². The summed E-state index contributed by atoms with van der Waals surface area (Å²) in [6, 6.07) is 14.5. The number of hydrogen-bond acceptors (Lipinski definition) is 2. The minimum absolute atomic E-state index is 0.327. The first-order valence-corrected chi connectivity index (χ1v) is 8.22. The maximum Gasteiger partial charge on any atom is 0.331 e. The highest BCUT2D eigenvalue weighted by molar-refractivity contribution is 5.93. The molecule has 0 aliphatic carbocycles. The van der Waals surface area contributed by atoms with Crippen molar-refractivity contribution >= 4 is 17.7 Å². The third-order valence-electron chi connectivity index (χ3n) is 4.15. The van der Waals surface area contributed by atoms with Crippen molar-refractivity contribution in [3.8, 4) is 0 Å². The number of aryl methyl sites for hydroxylation is 1. The van der Waals surface area contributed by atoms with Crippen LogP contribution in [0.1, 0.15) is 48.9 Å². The van der Waals surface area contributed by atoms with Crippen LogP contribution >= 0.6 is 0 Å². The van der Waals surface area contributed by atoms with Gasteiger partial charge in [-0.05, 0) is 48.6 Å². The van der Waals surface area contributed by atoms with Crippen LogP contribution in [-0.2, 0) is 11.3 Å². The molecule has 2 aromatic carbocycles.